The summed E-state index contributed by atoms with van der Waals surface area (Å²) >= 11 is 0. The fourth-order valence-electron chi connectivity index (χ4n) is 2.28. The molecule has 0 amide bonds. The van der Waals surface area contributed by atoms with Gasteiger partial charge in [-0.05, 0) is 17.7 Å². The number of nitrogens with zero attached hydrogens (tertiary/aromatic N) is 4. The van der Waals surface area contributed by atoms with E-state index in [1.165, 1.54) is 25.3 Å². The van der Waals surface area contributed by atoms with Gasteiger partial charge >= 0.3 is 5.97 Å². The van der Waals surface area contributed by atoms with Crippen LogP contribution in [-0.4, -0.2) is 39.3 Å². The summed E-state index contributed by atoms with van der Waals surface area (Å²) in [5.74, 6) is 0.279. The largest absolute Gasteiger partial charge is 0.466 e. The molecule has 9 heteroatoms. The highest BCUT2D eigenvalue weighted by atomic mass is 16.6. The highest BCUT2D eigenvalue weighted by molar-refractivity contribution is 5.87. The average Bonchev–Trinajstić information content (AvgIpc) is 3.03. The zero-order valence-corrected chi connectivity index (χ0v) is 14.2. The number of hydrogen-bond acceptors (Lipinski definition) is 7. The first-order chi connectivity index (χ1) is 11.9. The van der Waals surface area contributed by atoms with E-state index in [2.05, 4.69) is 20.3 Å². The van der Waals surface area contributed by atoms with E-state index in [-0.39, 0.29) is 11.6 Å². The van der Waals surface area contributed by atoms with Gasteiger partial charge in [0.25, 0.3) is 5.69 Å². The predicted molar refractivity (Wildman–Crippen MR) is 92.1 cm³/mol. The Bertz CT molecular complexity index is 800. The number of rotatable bonds is 7. The maximum Gasteiger partial charge on any atom is 0.330 e. The third-order valence-electron chi connectivity index (χ3n) is 3.62. The molecule has 0 aliphatic rings. The van der Waals surface area contributed by atoms with Crippen molar-refractivity contribution in [3.8, 4) is 0 Å². The predicted octanol–water partition coefficient (Wildman–Crippen LogP) is 2.13. The molecule has 25 heavy (non-hydrogen) atoms. The standard InChI is InChI=1S/C16H19N5O4/c1-11(16-19-18-10-20(16)2)9-17-13-6-4-12(5-7-15(22)25-3)8-14(13)21(23)24/h4-8,10-11,17H,9H2,1-3H3. The minimum absolute atomic E-state index is 0.0194. The van der Waals surface area contributed by atoms with Crippen LogP contribution in [0.2, 0.25) is 0 Å². The number of methoxy groups -OCH3 is 1. The SMILES string of the molecule is COC(=O)C=Cc1ccc(NCC(C)c2nncn2C)c([N+](=O)[O-])c1. The highest BCUT2D eigenvalue weighted by Crippen LogP contribution is 2.27. The Kier molecular flexibility index (Phi) is 5.83. The Labute approximate surface area is 144 Å². The van der Waals surface area contributed by atoms with Gasteiger partial charge in [0, 0.05) is 31.7 Å². The van der Waals surface area contributed by atoms with Crippen LogP contribution in [0.5, 0.6) is 0 Å². The van der Waals surface area contributed by atoms with E-state index in [4.69, 9.17) is 0 Å². The summed E-state index contributed by atoms with van der Waals surface area (Å²) in [5.41, 5.74) is 0.857. The van der Waals surface area contributed by atoms with Crippen LogP contribution in [0, 0.1) is 10.1 Å². The Morgan fingerprint density at radius 2 is 2.28 bits per heavy atom. The second-order valence-electron chi connectivity index (χ2n) is 5.47. The number of ether oxygens (including phenoxy) is 1. The molecule has 0 spiro atoms. The quantitative estimate of drug-likeness (QED) is 0.354. The molecule has 0 radical (unpaired) electrons. The number of anilines is 1. The number of aryl methyl sites for hydroxylation is 1. The Morgan fingerprint density at radius 1 is 1.52 bits per heavy atom. The van der Waals surface area contributed by atoms with E-state index in [0.717, 1.165) is 5.82 Å². The third kappa shape index (κ3) is 4.63. The number of aromatic nitrogens is 3. The molecule has 1 aromatic carbocycles. The van der Waals surface area contributed by atoms with Gasteiger partial charge in [-0.2, -0.15) is 0 Å². The lowest BCUT2D eigenvalue weighted by Gasteiger charge is -2.13. The van der Waals surface area contributed by atoms with Gasteiger partial charge in [-0.25, -0.2) is 4.79 Å². The summed E-state index contributed by atoms with van der Waals surface area (Å²) in [6, 6.07) is 4.69. The number of nitro benzene ring substituents is 1. The minimum atomic E-state index is -0.526. The van der Waals surface area contributed by atoms with Gasteiger partial charge in [0.2, 0.25) is 0 Å². The van der Waals surface area contributed by atoms with E-state index in [1.54, 1.807) is 18.5 Å². The number of esters is 1. The Morgan fingerprint density at radius 3 is 2.88 bits per heavy atom. The molecule has 1 aromatic heterocycles. The van der Waals surface area contributed by atoms with E-state index in [9.17, 15) is 14.9 Å². The highest BCUT2D eigenvalue weighted by Gasteiger charge is 2.17. The first-order valence-electron chi connectivity index (χ1n) is 7.54. The number of nitro groups is 1. The molecule has 1 unspecified atom stereocenters. The number of carbonyl (C=O) groups is 1. The zero-order valence-electron chi connectivity index (χ0n) is 14.2. The van der Waals surface area contributed by atoms with Gasteiger partial charge < -0.3 is 14.6 Å². The first-order valence-corrected chi connectivity index (χ1v) is 7.54. The normalized spacial score (nSPS) is 12.1. The maximum absolute atomic E-state index is 11.3. The molecular weight excluding hydrogens is 326 g/mol. The van der Waals surface area contributed by atoms with Crippen molar-refractivity contribution < 1.29 is 14.5 Å². The summed E-state index contributed by atoms with van der Waals surface area (Å²) in [4.78, 5) is 22.0. The number of benzene rings is 1. The van der Waals surface area contributed by atoms with Crippen LogP contribution in [-0.2, 0) is 16.6 Å². The van der Waals surface area contributed by atoms with Gasteiger partial charge in [-0.3, -0.25) is 10.1 Å². The lowest BCUT2D eigenvalue weighted by molar-refractivity contribution is -0.384. The summed E-state index contributed by atoms with van der Waals surface area (Å²) in [7, 11) is 3.11. The van der Waals surface area contributed by atoms with Gasteiger partial charge in [0.1, 0.15) is 17.8 Å². The molecule has 1 N–H and O–H groups in total. The van der Waals surface area contributed by atoms with E-state index < -0.39 is 10.9 Å². The summed E-state index contributed by atoms with van der Waals surface area (Å²) in [5, 5.41) is 22.3. The summed E-state index contributed by atoms with van der Waals surface area (Å²) in [6.45, 7) is 2.42. The Balaban J connectivity index is 2.14. The second-order valence-corrected chi connectivity index (χ2v) is 5.47. The first kappa shape index (κ1) is 18.1. The minimum Gasteiger partial charge on any atom is -0.466 e. The zero-order chi connectivity index (χ0) is 18.4. The van der Waals surface area contributed by atoms with E-state index in [1.807, 2.05) is 18.5 Å². The van der Waals surface area contributed by atoms with Crippen molar-refractivity contribution >= 4 is 23.4 Å². The molecule has 2 rings (SSSR count). The summed E-state index contributed by atoms with van der Waals surface area (Å²) < 4.78 is 6.31. The van der Waals surface area contributed by atoms with Crippen molar-refractivity contribution in [2.75, 3.05) is 19.0 Å². The fourth-order valence-corrected chi connectivity index (χ4v) is 2.28. The molecule has 2 aromatic rings. The Hall–Kier alpha value is -3.23. The molecule has 0 saturated carbocycles. The van der Waals surface area contributed by atoms with Crippen LogP contribution in [0.4, 0.5) is 11.4 Å². The second kappa shape index (κ2) is 8.04. The van der Waals surface area contributed by atoms with Crippen molar-refractivity contribution in [1.29, 1.82) is 0 Å². The molecule has 0 aliphatic carbocycles. The molecule has 0 fully saturated rings. The molecular formula is C16H19N5O4. The van der Waals surface area contributed by atoms with Crippen molar-refractivity contribution in [1.82, 2.24) is 14.8 Å². The average molecular weight is 345 g/mol. The lowest BCUT2D eigenvalue weighted by Crippen LogP contribution is -2.14. The third-order valence-corrected chi connectivity index (χ3v) is 3.62. The van der Waals surface area contributed by atoms with Gasteiger partial charge in [0.15, 0.2) is 0 Å². The van der Waals surface area contributed by atoms with Crippen LogP contribution in [0.1, 0.15) is 24.2 Å². The fraction of sp³-hybridized carbons (Fsp3) is 0.312. The van der Waals surface area contributed by atoms with Crippen LogP contribution in [0.3, 0.4) is 0 Å². The topological polar surface area (TPSA) is 112 Å². The van der Waals surface area contributed by atoms with Crippen molar-refractivity contribution in [3.05, 3.63) is 52.1 Å². The van der Waals surface area contributed by atoms with Crippen LogP contribution in [0.25, 0.3) is 6.08 Å². The molecule has 9 nitrogen and oxygen atoms in total. The van der Waals surface area contributed by atoms with Crippen molar-refractivity contribution in [2.45, 2.75) is 12.8 Å². The van der Waals surface area contributed by atoms with Gasteiger partial charge in [-0.15, -0.1) is 10.2 Å². The number of hydrogen-bond donors (Lipinski definition) is 1. The van der Waals surface area contributed by atoms with Crippen LogP contribution < -0.4 is 5.32 Å². The maximum atomic E-state index is 11.3. The summed E-state index contributed by atoms with van der Waals surface area (Å²) in [6.07, 6.45) is 4.28. The molecule has 1 heterocycles. The monoisotopic (exact) mass is 345 g/mol. The van der Waals surface area contributed by atoms with Crippen molar-refractivity contribution in [2.24, 2.45) is 7.05 Å². The molecule has 0 aliphatic heterocycles. The molecule has 0 saturated heterocycles. The lowest BCUT2D eigenvalue weighted by atomic mass is 10.1. The smallest absolute Gasteiger partial charge is 0.330 e. The van der Waals surface area contributed by atoms with E-state index >= 15 is 0 Å². The number of nitrogens with one attached hydrogen (secondary N) is 1. The number of carbonyl (C=O) groups excluding carboxylic acids is 1. The van der Waals surface area contributed by atoms with Crippen LogP contribution in [0.15, 0.2) is 30.6 Å². The van der Waals surface area contributed by atoms with Crippen molar-refractivity contribution in [3.63, 3.8) is 0 Å². The molecule has 132 valence electrons. The van der Waals surface area contributed by atoms with Crippen LogP contribution >= 0.6 is 0 Å². The molecule has 1 atom stereocenters. The van der Waals surface area contributed by atoms with E-state index in [0.29, 0.717) is 17.8 Å². The van der Waals surface area contributed by atoms with Gasteiger partial charge in [-0.1, -0.05) is 13.0 Å². The van der Waals surface area contributed by atoms with Gasteiger partial charge in [0.05, 0.1) is 12.0 Å². The molecule has 0 bridgehead atoms.